The van der Waals surface area contributed by atoms with Gasteiger partial charge in [-0.05, 0) is 30.0 Å². The highest BCUT2D eigenvalue weighted by Crippen LogP contribution is 2.39. The van der Waals surface area contributed by atoms with Crippen LogP contribution in [0.15, 0.2) is 23.1 Å². The fraction of sp³-hybridized carbons (Fsp3) is 0.364. The SMILES string of the molecule is CCC(=O)c1ccc(SC(F)(F)F)cc1OC(F)(F)F. The first-order valence-corrected chi connectivity index (χ1v) is 6.02. The first-order valence-electron chi connectivity index (χ1n) is 5.20. The zero-order valence-corrected chi connectivity index (χ0v) is 10.7. The van der Waals surface area contributed by atoms with Crippen LogP contribution < -0.4 is 4.74 Å². The van der Waals surface area contributed by atoms with E-state index in [1.165, 1.54) is 6.92 Å². The van der Waals surface area contributed by atoms with Crippen LogP contribution in [0, 0.1) is 0 Å². The lowest BCUT2D eigenvalue weighted by molar-refractivity contribution is -0.274. The van der Waals surface area contributed by atoms with Crippen molar-refractivity contribution in [1.82, 2.24) is 0 Å². The zero-order valence-electron chi connectivity index (χ0n) is 9.93. The number of thioether (sulfide) groups is 1. The number of benzene rings is 1. The normalized spacial score (nSPS) is 12.3. The molecule has 0 aliphatic heterocycles. The van der Waals surface area contributed by atoms with Crippen LogP contribution in [0.2, 0.25) is 0 Å². The Morgan fingerprint density at radius 2 is 1.80 bits per heavy atom. The number of carbonyl (C=O) groups is 1. The number of ketones is 1. The molecule has 1 rings (SSSR count). The summed E-state index contributed by atoms with van der Waals surface area (Å²) in [5.74, 6) is -1.59. The van der Waals surface area contributed by atoms with Crippen LogP contribution in [-0.2, 0) is 0 Å². The second-order valence-electron chi connectivity index (χ2n) is 3.53. The van der Waals surface area contributed by atoms with Gasteiger partial charge in [0.15, 0.2) is 5.78 Å². The molecule has 0 saturated heterocycles. The van der Waals surface area contributed by atoms with Crippen molar-refractivity contribution in [2.45, 2.75) is 30.1 Å². The third-order valence-corrected chi connectivity index (χ3v) is 2.75. The molecule has 1 aromatic rings. The first-order chi connectivity index (χ1) is 9.02. The van der Waals surface area contributed by atoms with Gasteiger partial charge in [-0.3, -0.25) is 4.79 Å². The number of rotatable bonds is 4. The molecule has 0 unspecified atom stereocenters. The highest BCUT2D eigenvalue weighted by atomic mass is 32.2. The molecule has 0 amide bonds. The average molecular weight is 318 g/mol. The van der Waals surface area contributed by atoms with Gasteiger partial charge in [0.1, 0.15) is 5.75 Å². The number of hydrogen-bond donors (Lipinski definition) is 0. The van der Waals surface area contributed by atoms with Crippen molar-refractivity contribution in [1.29, 1.82) is 0 Å². The fourth-order valence-electron chi connectivity index (χ4n) is 1.33. The summed E-state index contributed by atoms with van der Waals surface area (Å²) < 4.78 is 76.7. The van der Waals surface area contributed by atoms with E-state index in [0.29, 0.717) is 6.07 Å². The molecule has 0 heterocycles. The molecule has 112 valence electrons. The van der Waals surface area contributed by atoms with E-state index in [9.17, 15) is 31.1 Å². The Balaban J connectivity index is 3.18. The van der Waals surface area contributed by atoms with Gasteiger partial charge >= 0.3 is 11.9 Å². The van der Waals surface area contributed by atoms with E-state index in [-0.39, 0.29) is 6.42 Å². The Morgan fingerprint density at radius 1 is 1.20 bits per heavy atom. The highest BCUT2D eigenvalue weighted by molar-refractivity contribution is 8.00. The first kappa shape index (κ1) is 16.7. The number of ether oxygens (including phenoxy) is 1. The van der Waals surface area contributed by atoms with Gasteiger partial charge < -0.3 is 4.74 Å². The maximum absolute atomic E-state index is 12.2. The summed E-state index contributed by atoms with van der Waals surface area (Å²) in [4.78, 5) is 10.9. The predicted octanol–water partition coefficient (Wildman–Crippen LogP) is 4.79. The van der Waals surface area contributed by atoms with Crippen molar-refractivity contribution in [3.05, 3.63) is 23.8 Å². The van der Waals surface area contributed by atoms with Crippen molar-refractivity contribution in [2.24, 2.45) is 0 Å². The summed E-state index contributed by atoms with van der Waals surface area (Å²) in [7, 11) is 0. The van der Waals surface area contributed by atoms with Gasteiger partial charge in [-0.25, -0.2) is 0 Å². The van der Waals surface area contributed by atoms with Crippen LogP contribution in [0.1, 0.15) is 23.7 Å². The third kappa shape index (κ3) is 5.32. The van der Waals surface area contributed by atoms with Gasteiger partial charge in [-0.1, -0.05) is 6.92 Å². The summed E-state index contributed by atoms with van der Waals surface area (Å²) in [5, 5.41) is 0. The minimum atomic E-state index is -5.09. The van der Waals surface area contributed by atoms with Crippen molar-refractivity contribution >= 4 is 17.5 Å². The van der Waals surface area contributed by atoms with Crippen molar-refractivity contribution in [3.63, 3.8) is 0 Å². The molecule has 1 aromatic carbocycles. The van der Waals surface area contributed by atoms with Crippen LogP contribution in [-0.4, -0.2) is 17.7 Å². The summed E-state index contributed by atoms with van der Waals surface area (Å²) in [6.45, 7) is 1.41. The number of hydrogen-bond acceptors (Lipinski definition) is 3. The van der Waals surface area contributed by atoms with Crippen LogP contribution in [0.4, 0.5) is 26.3 Å². The highest BCUT2D eigenvalue weighted by Gasteiger charge is 2.34. The molecule has 0 radical (unpaired) electrons. The lowest BCUT2D eigenvalue weighted by atomic mass is 10.1. The Bertz CT molecular complexity index is 495. The quantitative estimate of drug-likeness (QED) is 0.453. The molecular formula is C11H8F6O2S. The molecule has 0 N–H and O–H groups in total. The minimum Gasteiger partial charge on any atom is -0.405 e. The molecule has 0 aliphatic carbocycles. The maximum Gasteiger partial charge on any atom is 0.573 e. The summed E-state index contributed by atoms with van der Waals surface area (Å²) in [6, 6.07) is 2.36. The van der Waals surface area contributed by atoms with E-state index in [1.807, 2.05) is 0 Å². The maximum atomic E-state index is 12.2. The molecule has 0 saturated carbocycles. The van der Waals surface area contributed by atoms with Crippen molar-refractivity contribution in [2.75, 3.05) is 0 Å². The second kappa shape index (κ2) is 5.94. The molecule has 9 heteroatoms. The van der Waals surface area contributed by atoms with Gasteiger partial charge in [0.25, 0.3) is 0 Å². The van der Waals surface area contributed by atoms with Crippen LogP contribution in [0.3, 0.4) is 0 Å². The summed E-state index contributed by atoms with van der Waals surface area (Å²) in [5.41, 5.74) is -5.05. The smallest absolute Gasteiger partial charge is 0.405 e. The molecule has 0 fully saturated rings. The van der Waals surface area contributed by atoms with E-state index in [2.05, 4.69) is 4.74 Å². The molecular weight excluding hydrogens is 310 g/mol. The Kier molecular flexibility index (Phi) is 4.95. The number of halogens is 6. The minimum absolute atomic E-state index is 0.0972. The monoisotopic (exact) mass is 318 g/mol. The zero-order chi connectivity index (χ0) is 15.6. The van der Waals surface area contributed by atoms with Crippen LogP contribution in [0.25, 0.3) is 0 Å². The second-order valence-corrected chi connectivity index (χ2v) is 4.67. The lowest BCUT2D eigenvalue weighted by Gasteiger charge is -2.14. The molecule has 0 aliphatic rings. The van der Waals surface area contributed by atoms with Gasteiger partial charge in [-0.2, -0.15) is 13.2 Å². The number of Topliss-reactive ketones (excluding diaryl/α,β-unsaturated/α-hetero) is 1. The van der Waals surface area contributed by atoms with Crippen LogP contribution >= 0.6 is 11.8 Å². The third-order valence-electron chi connectivity index (χ3n) is 2.03. The Hall–Kier alpha value is -1.38. The Morgan fingerprint density at radius 3 is 2.25 bits per heavy atom. The van der Waals surface area contributed by atoms with E-state index < -0.39 is 45.6 Å². The molecule has 0 atom stereocenters. The predicted molar refractivity (Wildman–Crippen MR) is 59.7 cm³/mol. The van der Waals surface area contributed by atoms with Gasteiger partial charge in [0, 0.05) is 11.3 Å². The fourth-order valence-corrected chi connectivity index (χ4v) is 1.90. The van der Waals surface area contributed by atoms with Gasteiger partial charge in [0.05, 0.1) is 5.56 Å². The summed E-state index contributed by atoms with van der Waals surface area (Å²) >= 11 is -0.590. The van der Waals surface area contributed by atoms with Crippen molar-refractivity contribution < 1.29 is 35.9 Å². The van der Waals surface area contributed by atoms with E-state index in [1.54, 1.807) is 0 Å². The standard InChI is InChI=1S/C11H8F6O2S/c1-2-8(18)7-4-3-6(20-11(15,16)17)5-9(7)19-10(12,13)14/h3-5H,2H2,1H3. The molecule has 0 bridgehead atoms. The molecule has 0 aromatic heterocycles. The van der Waals surface area contributed by atoms with E-state index in [0.717, 1.165) is 12.1 Å². The van der Waals surface area contributed by atoms with E-state index in [4.69, 9.17) is 0 Å². The molecule has 2 nitrogen and oxygen atoms in total. The molecule has 0 spiro atoms. The largest absolute Gasteiger partial charge is 0.573 e. The summed E-state index contributed by atoms with van der Waals surface area (Å²) in [6.07, 6.45) is -5.19. The van der Waals surface area contributed by atoms with Crippen LogP contribution in [0.5, 0.6) is 5.75 Å². The lowest BCUT2D eigenvalue weighted by Crippen LogP contribution is -2.19. The van der Waals surface area contributed by atoms with Gasteiger partial charge in [-0.15, -0.1) is 13.2 Å². The topological polar surface area (TPSA) is 26.3 Å². The molecule has 20 heavy (non-hydrogen) atoms. The van der Waals surface area contributed by atoms with Crippen molar-refractivity contribution in [3.8, 4) is 5.75 Å². The van der Waals surface area contributed by atoms with E-state index >= 15 is 0 Å². The average Bonchev–Trinajstić information content (AvgIpc) is 2.24. The number of alkyl halides is 6. The Labute approximate surface area is 114 Å². The van der Waals surface area contributed by atoms with Gasteiger partial charge in [0.2, 0.25) is 0 Å². The number of carbonyl (C=O) groups excluding carboxylic acids is 1.